The second-order valence-electron chi connectivity index (χ2n) is 7.47. The number of carbonyl (C=O) groups is 2. The highest BCUT2D eigenvalue weighted by molar-refractivity contribution is 6.32. The van der Waals surface area contributed by atoms with Crippen LogP contribution in [-0.2, 0) is 6.18 Å². The van der Waals surface area contributed by atoms with Gasteiger partial charge in [0.1, 0.15) is 5.69 Å². The van der Waals surface area contributed by atoms with Crippen LogP contribution in [0, 0.1) is 6.92 Å². The summed E-state index contributed by atoms with van der Waals surface area (Å²) in [7, 11) is 0. The van der Waals surface area contributed by atoms with Gasteiger partial charge in [0.2, 0.25) is 0 Å². The number of rotatable bonds is 5. The molecule has 1 aromatic heterocycles. The number of ketones is 1. The van der Waals surface area contributed by atoms with E-state index in [4.69, 9.17) is 11.6 Å². The molecule has 0 spiro atoms. The molecule has 3 aromatic carbocycles. The number of alkyl halides is 3. The molecule has 34 heavy (non-hydrogen) atoms. The molecule has 1 N–H and O–H groups in total. The van der Waals surface area contributed by atoms with Crippen molar-refractivity contribution in [3.8, 4) is 5.69 Å². The lowest BCUT2D eigenvalue weighted by Crippen LogP contribution is -2.19. The molecule has 0 radical (unpaired) electrons. The van der Waals surface area contributed by atoms with Crippen LogP contribution in [-0.4, -0.2) is 21.5 Å². The van der Waals surface area contributed by atoms with Gasteiger partial charge < -0.3 is 5.32 Å². The number of amides is 1. The first-order chi connectivity index (χ1) is 16.1. The van der Waals surface area contributed by atoms with Crippen LogP contribution >= 0.6 is 11.6 Å². The minimum absolute atomic E-state index is 0.106. The number of carbonyl (C=O) groups excluding carboxylic acids is 2. The summed E-state index contributed by atoms with van der Waals surface area (Å²) in [4.78, 5) is 26.2. The molecule has 4 rings (SSSR count). The summed E-state index contributed by atoms with van der Waals surface area (Å²) in [6.07, 6.45) is -4.78. The Kier molecular flexibility index (Phi) is 6.26. The number of nitrogens with one attached hydrogen (secondary N) is 1. The molecule has 0 fully saturated rings. The summed E-state index contributed by atoms with van der Waals surface area (Å²) < 4.78 is 41.1. The monoisotopic (exact) mass is 483 g/mol. The predicted molar refractivity (Wildman–Crippen MR) is 123 cm³/mol. The SMILES string of the molecule is Cc1ccc(C(=O)c2ccccc2)c(NC(=O)c2cc(C(F)(F)F)nn2-c2ccccc2Cl)c1. The fourth-order valence-electron chi connectivity index (χ4n) is 3.38. The molecule has 0 bridgehead atoms. The Labute approximate surface area is 197 Å². The minimum atomic E-state index is -4.78. The Bertz CT molecular complexity index is 1380. The molecule has 0 aliphatic heterocycles. The molecule has 5 nitrogen and oxygen atoms in total. The number of halogens is 4. The third kappa shape index (κ3) is 4.72. The predicted octanol–water partition coefficient (Wildman–Crippen LogP) is 6.34. The van der Waals surface area contributed by atoms with Crippen molar-refractivity contribution in [2.45, 2.75) is 13.1 Å². The molecule has 0 unspecified atom stereocenters. The van der Waals surface area contributed by atoms with Crippen LogP contribution in [0.5, 0.6) is 0 Å². The van der Waals surface area contributed by atoms with Gasteiger partial charge in [0, 0.05) is 17.2 Å². The lowest BCUT2D eigenvalue weighted by atomic mass is 10.00. The van der Waals surface area contributed by atoms with Gasteiger partial charge in [0.15, 0.2) is 11.5 Å². The van der Waals surface area contributed by atoms with Crippen molar-refractivity contribution in [2.75, 3.05) is 5.32 Å². The fourth-order valence-corrected chi connectivity index (χ4v) is 3.60. The zero-order valence-electron chi connectivity index (χ0n) is 17.7. The van der Waals surface area contributed by atoms with Crippen LogP contribution in [0.2, 0.25) is 5.02 Å². The van der Waals surface area contributed by atoms with Crippen molar-refractivity contribution in [3.05, 3.63) is 112 Å². The summed E-state index contributed by atoms with van der Waals surface area (Å²) in [5.74, 6) is -1.22. The smallest absolute Gasteiger partial charge is 0.320 e. The van der Waals surface area contributed by atoms with Crippen molar-refractivity contribution >= 4 is 29.0 Å². The van der Waals surface area contributed by atoms with E-state index in [0.717, 1.165) is 10.2 Å². The van der Waals surface area contributed by atoms with E-state index in [9.17, 15) is 22.8 Å². The second-order valence-corrected chi connectivity index (χ2v) is 7.88. The van der Waals surface area contributed by atoms with E-state index >= 15 is 0 Å². The molecule has 0 atom stereocenters. The largest absolute Gasteiger partial charge is 0.435 e. The average molecular weight is 484 g/mol. The Morgan fingerprint density at radius 3 is 2.29 bits per heavy atom. The molecule has 9 heteroatoms. The Hall–Kier alpha value is -3.91. The summed E-state index contributed by atoms with van der Waals surface area (Å²) in [5, 5.41) is 6.27. The molecular weight excluding hydrogens is 467 g/mol. The van der Waals surface area contributed by atoms with E-state index in [1.54, 1.807) is 67.6 Å². The number of benzene rings is 3. The van der Waals surface area contributed by atoms with Crippen LogP contribution in [0.15, 0.2) is 78.9 Å². The van der Waals surface area contributed by atoms with Gasteiger partial charge >= 0.3 is 6.18 Å². The molecule has 1 amide bonds. The highest BCUT2D eigenvalue weighted by Crippen LogP contribution is 2.31. The third-order valence-electron chi connectivity index (χ3n) is 5.02. The van der Waals surface area contributed by atoms with Crippen LogP contribution in [0.1, 0.15) is 37.7 Å². The van der Waals surface area contributed by atoms with E-state index in [1.165, 1.54) is 12.1 Å². The molecule has 0 aliphatic rings. The van der Waals surface area contributed by atoms with Crippen molar-refractivity contribution < 1.29 is 22.8 Å². The van der Waals surface area contributed by atoms with Gasteiger partial charge in [-0.1, -0.05) is 60.1 Å². The molecule has 0 saturated carbocycles. The number of aryl methyl sites for hydroxylation is 1. The summed E-state index contributed by atoms with van der Waals surface area (Å²) >= 11 is 6.16. The number of hydrogen-bond acceptors (Lipinski definition) is 3. The Morgan fingerprint density at radius 2 is 1.62 bits per heavy atom. The minimum Gasteiger partial charge on any atom is -0.320 e. The van der Waals surface area contributed by atoms with Crippen LogP contribution in [0.3, 0.4) is 0 Å². The molecular formula is C25H17ClF3N3O2. The quantitative estimate of drug-likeness (QED) is 0.337. The van der Waals surface area contributed by atoms with Gasteiger partial charge in [-0.3, -0.25) is 9.59 Å². The van der Waals surface area contributed by atoms with Gasteiger partial charge in [0.05, 0.1) is 16.4 Å². The molecule has 4 aromatic rings. The van der Waals surface area contributed by atoms with Crippen molar-refractivity contribution in [2.24, 2.45) is 0 Å². The van der Waals surface area contributed by atoms with E-state index < -0.39 is 17.8 Å². The van der Waals surface area contributed by atoms with E-state index in [2.05, 4.69) is 10.4 Å². The zero-order chi connectivity index (χ0) is 24.5. The van der Waals surface area contributed by atoms with Gasteiger partial charge in [-0.05, 0) is 36.8 Å². The maximum absolute atomic E-state index is 13.4. The van der Waals surface area contributed by atoms with Gasteiger partial charge in [-0.15, -0.1) is 0 Å². The molecule has 172 valence electrons. The average Bonchev–Trinajstić information content (AvgIpc) is 3.26. The fraction of sp³-hybridized carbons (Fsp3) is 0.0800. The van der Waals surface area contributed by atoms with Crippen molar-refractivity contribution in [1.82, 2.24) is 9.78 Å². The van der Waals surface area contributed by atoms with Gasteiger partial charge in [0.25, 0.3) is 5.91 Å². The highest BCUT2D eigenvalue weighted by atomic mass is 35.5. The number of hydrogen-bond donors (Lipinski definition) is 1. The van der Waals surface area contributed by atoms with E-state index in [-0.39, 0.29) is 33.4 Å². The topological polar surface area (TPSA) is 64.0 Å². The zero-order valence-corrected chi connectivity index (χ0v) is 18.5. The summed E-state index contributed by atoms with van der Waals surface area (Å²) in [5.41, 5.74) is -0.0146. The van der Waals surface area contributed by atoms with Crippen molar-refractivity contribution in [1.29, 1.82) is 0 Å². The Morgan fingerprint density at radius 1 is 0.941 bits per heavy atom. The van der Waals surface area contributed by atoms with E-state index in [0.29, 0.717) is 11.6 Å². The second kappa shape index (κ2) is 9.15. The maximum atomic E-state index is 13.4. The molecule has 0 aliphatic carbocycles. The molecule has 1 heterocycles. The van der Waals surface area contributed by atoms with Crippen molar-refractivity contribution in [3.63, 3.8) is 0 Å². The van der Waals surface area contributed by atoms with Gasteiger partial charge in [-0.2, -0.15) is 18.3 Å². The highest BCUT2D eigenvalue weighted by Gasteiger charge is 2.36. The first-order valence-electron chi connectivity index (χ1n) is 10.1. The standard InChI is InChI=1S/C25H17ClF3N3O2/c1-15-11-12-17(23(33)16-7-3-2-4-8-16)19(13-15)30-24(34)21-14-22(25(27,28)29)31-32(21)20-10-6-5-9-18(20)26/h2-14H,1H3,(H,30,34). The maximum Gasteiger partial charge on any atom is 0.435 e. The van der Waals surface area contributed by atoms with E-state index in [1.807, 2.05) is 0 Å². The first kappa shape index (κ1) is 23.3. The summed E-state index contributed by atoms with van der Waals surface area (Å²) in [6, 6.07) is 20.0. The number of aromatic nitrogens is 2. The normalized spacial score (nSPS) is 11.3. The molecule has 0 saturated heterocycles. The number of nitrogens with zero attached hydrogens (tertiary/aromatic N) is 2. The van der Waals surface area contributed by atoms with Gasteiger partial charge in [-0.25, -0.2) is 4.68 Å². The number of para-hydroxylation sites is 1. The Balaban J connectivity index is 1.77. The number of anilines is 1. The lowest BCUT2D eigenvalue weighted by Gasteiger charge is -2.13. The van der Waals surface area contributed by atoms with Crippen LogP contribution in [0.25, 0.3) is 5.69 Å². The lowest BCUT2D eigenvalue weighted by molar-refractivity contribution is -0.141. The summed E-state index contributed by atoms with van der Waals surface area (Å²) in [6.45, 7) is 1.77. The third-order valence-corrected chi connectivity index (χ3v) is 5.34. The van der Waals surface area contributed by atoms with Crippen LogP contribution in [0.4, 0.5) is 18.9 Å². The first-order valence-corrected chi connectivity index (χ1v) is 10.5. The van der Waals surface area contributed by atoms with Crippen LogP contribution < -0.4 is 5.32 Å².